The number of nitrogens with two attached hydrogens (primary N) is 1. The van der Waals surface area contributed by atoms with E-state index in [1.807, 2.05) is 13.8 Å². The molecule has 0 fully saturated rings. The van der Waals surface area contributed by atoms with E-state index in [0.717, 1.165) is 12.8 Å². The van der Waals surface area contributed by atoms with Gasteiger partial charge in [0.15, 0.2) is 0 Å². The molecule has 3 nitrogen and oxygen atoms in total. The van der Waals surface area contributed by atoms with Crippen molar-refractivity contribution in [2.45, 2.75) is 33.6 Å². The summed E-state index contributed by atoms with van der Waals surface area (Å²) in [7, 11) is 0. The summed E-state index contributed by atoms with van der Waals surface area (Å²) in [5.74, 6) is 4.60. The summed E-state index contributed by atoms with van der Waals surface area (Å²) in [5, 5.41) is 0. The van der Waals surface area contributed by atoms with E-state index in [-0.39, 0.29) is 32.7 Å². The third-order valence-corrected chi connectivity index (χ3v) is 0.677. The average Bonchev–Trinajstić information content (AvgIpc) is 1.94. The molecule has 4 heteroatoms. The van der Waals surface area contributed by atoms with Crippen molar-refractivity contribution in [3.05, 3.63) is 5.48 Å². The fourth-order valence-corrected chi connectivity index (χ4v) is 0.275. The van der Waals surface area contributed by atoms with Gasteiger partial charge in [0, 0.05) is 32.7 Å². The molecule has 0 rings (SSSR count). The molecule has 0 heterocycles. The van der Waals surface area contributed by atoms with Crippen LogP contribution in [0.15, 0.2) is 0 Å². The normalized spacial score (nSPS) is 7.20. The standard InChI is InChI=1S/C4H11N2O.C2H6.Y/c1-2-3-4-6-7-5;1-2;/h2-5H2,1H3;1-2H3;/q-1;;. The molecule has 2 N–H and O–H groups in total. The first-order chi connectivity index (χ1) is 4.41. The Balaban J connectivity index is -0.000000149. The van der Waals surface area contributed by atoms with Crippen LogP contribution in [0.3, 0.4) is 0 Å². The van der Waals surface area contributed by atoms with E-state index >= 15 is 0 Å². The maximum atomic E-state index is 4.60. The van der Waals surface area contributed by atoms with E-state index in [4.69, 9.17) is 0 Å². The van der Waals surface area contributed by atoms with Crippen molar-refractivity contribution in [2.75, 3.05) is 6.54 Å². The first-order valence-corrected chi connectivity index (χ1v) is 3.44. The van der Waals surface area contributed by atoms with Crippen molar-refractivity contribution in [2.24, 2.45) is 5.90 Å². The summed E-state index contributed by atoms with van der Waals surface area (Å²) in [6.45, 7) is 6.80. The number of hydroxylamine groups is 1. The number of unbranched alkanes of at least 4 members (excludes halogenated alkanes) is 1. The van der Waals surface area contributed by atoms with E-state index in [1.54, 1.807) is 0 Å². The second-order valence-corrected chi connectivity index (χ2v) is 1.31. The monoisotopic (exact) mass is 222 g/mol. The van der Waals surface area contributed by atoms with E-state index in [1.165, 1.54) is 0 Å². The average molecular weight is 222 g/mol. The molecule has 0 aromatic rings. The molecule has 0 atom stereocenters. The molecule has 0 unspecified atom stereocenters. The van der Waals surface area contributed by atoms with Crippen LogP contribution in [0.5, 0.6) is 0 Å². The van der Waals surface area contributed by atoms with Gasteiger partial charge in [-0.3, -0.25) is 0 Å². The zero-order chi connectivity index (χ0) is 7.54. The van der Waals surface area contributed by atoms with Crippen molar-refractivity contribution in [3.8, 4) is 0 Å². The molecule has 0 aromatic heterocycles. The zero-order valence-corrected chi connectivity index (χ0v) is 9.97. The molecule has 0 spiro atoms. The summed E-state index contributed by atoms with van der Waals surface area (Å²) in [6, 6.07) is 0. The predicted molar refractivity (Wildman–Crippen MR) is 39.8 cm³/mol. The van der Waals surface area contributed by atoms with Gasteiger partial charge in [-0.2, -0.15) is 0 Å². The topological polar surface area (TPSA) is 49.4 Å². The van der Waals surface area contributed by atoms with Gasteiger partial charge in [-0.25, -0.2) is 5.90 Å². The summed E-state index contributed by atoms with van der Waals surface area (Å²) in [5.41, 5.74) is 3.44. The van der Waals surface area contributed by atoms with Gasteiger partial charge in [-0.05, 0) is 0 Å². The van der Waals surface area contributed by atoms with E-state index < -0.39 is 0 Å². The Labute approximate surface area is 88.9 Å². The molecule has 61 valence electrons. The quantitative estimate of drug-likeness (QED) is 0.584. The molecular weight excluding hydrogens is 205 g/mol. The van der Waals surface area contributed by atoms with Gasteiger partial charge in [0.25, 0.3) is 0 Å². The third kappa shape index (κ3) is 23.1. The van der Waals surface area contributed by atoms with Gasteiger partial charge in [0.2, 0.25) is 0 Å². The Bertz CT molecular complexity index is 34.9. The van der Waals surface area contributed by atoms with Gasteiger partial charge in [0.05, 0.1) is 0 Å². The number of hydrogen-bond donors (Lipinski definition) is 1. The molecule has 0 aromatic carbocycles. The van der Waals surface area contributed by atoms with Crippen LogP contribution < -0.4 is 5.90 Å². The van der Waals surface area contributed by atoms with Crippen LogP contribution in [0.1, 0.15) is 33.6 Å². The van der Waals surface area contributed by atoms with Crippen molar-refractivity contribution in [1.29, 1.82) is 0 Å². The molecule has 0 amide bonds. The van der Waals surface area contributed by atoms with Gasteiger partial charge in [-0.1, -0.05) is 33.6 Å². The molecule has 0 aliphatic carbocycles. The molecule has 0 saturated carbocycles. The summed E-state index contributed by atoms with van der Waals surface area (Å²) >= 11 is 0. The Morgan fingerprint density at radius 2 is 1.90 bits per heavy atom. The Morgan fingerprint density at radius 1 is 1.40 bits per heavy atom. The predicted octanol–water partition coefficient (Wildman–Crippen LogP) is 1.99. The fourth-order valence-electron chi connectivity index (χ4n) is 0.275. The van der Waals surface area contributed by atoms with Gasteiger partial charge < -0.3 is 10.4 Å². The van der Waals surface area contributed by atoms with Gasteiger partial charge >= 0.3 is 0 Å². The minimum Gasteiger partial charge on any atom is -0.514 e. The summed E-state index contributed by atoms with van der Waals surface area (Å²) in [6.07, 6.45) is 2.18. The Kier molecular flexibility index (Phi) is 38.7. The van der Waals surface area contributed by atoms with Crippen LogP contribution in [0, 0.1) is 0 Å². The first kappa shape index (κ1) is 17.2. The largest absolute Gasteiger partial charge is 0.514 e. The minimum atomic E-state index is 0. The maximum Gasteiger partial charge on any atom is 0 e. The number of hydrogen-bond acceptors (Lipinski definition) is 2. The SMILES string of the molecule is CC.CCCC[N-]ON.[Y]. The molecule has 0 aliphatic heterocycles. The fraction of sp³-hybridized carbons (Fsp3) is 1.00. The van der Waals surface area contributed by atoms with Crippen LogP contribution in [0.2, 0.25) is 0 Å². The minimum absolute atomic E-state index is 0. The summed E-state index contributed by atoms with van der Waals surface area (Å²) < 4.78 is 0. The van der Waals surface area contributed by atoms with E-state index in [9.17, 15) is 0 Å². The van der Waals surface area contributed by atoms with Crippen molar-refractivity contribution in [1.82, 2.24) is 0 Å². The van der Waals surface area contributed by atoms with Gasteiger partial charge in [-0.15, -0.1) is 6.54 Å². The Hall–Kier alpha value is 0.984. The van der Waals surface area contributed by atoms with E-state index in [2.05, 4.69) is 23.2 Å². The third-order valence-electron chi connectivity index (χ3n) is 0.677. The molecule has 0 bridgehead atoms. The number of rotatable bonds is 4. The van der Waals surface area contributed by atoms with Crippen LogP contribution in [0.25, 0.3) is 5.48 Å². The molecule has 0 saturated heterocycles. The Morgan fingerprint density at radius 3 is 2.20 bits per heavy atom. The number of nitrogens with zero attached hydrogens (tertiary/aromatic N) is 1. The zero-order valence-electron chi connectivity index (χ0n) is 7.13. The molecule has 10 heavy (non-hydrogen) atoms. The van der Waals surface area contributed by atoms with Crippen LogP contribution in [-0.2, 0) is 37.6 Å². The van der Waals surface area contributed by atoms with Gasteiger partial charge in [0.1, 0.15) is 0 Å². The van der Waals surface area contributed by atoms with Crippen molar-refractivity contribution < 1.29 is 37.6 Å². The molecular formula is C6H17N2OY-. The van der Waals surface area contributed by atoms with Crippen LogP contribution in [-0.4, -0.2) is 6.54 Å². The smallest absolute Gasteiger partial charge is 0 e. The van der Waals surface area contributed by atoms with E-state index in [0.29, 0.717) is 6.54 Å². The van der Waals surface area contributed by atoms with Crippen LogP contribution in [0.4, 0.5) is 0 Å². The van der Waals surface area contributed by atoms with Crippen molar-refractivity contribution >= 4 is 0 Å². The molecule has 1 radical (unpaired) electrons. The maximum absolute atomic E-state index is 4.60. The van der Waals surface area contributed by atoms with Crippen LogP contribution >= 0.6 is 0 Å². The summed E-state index contributed by atoms with van der Waals surface area (Å²) in [4.78, 5) is 3.97. The molecule has 0 aliphatic rings. The first-order valence-electron chi connectivity index (χ1n) is 3.44. The second-order valence-electron chi connectivity index (χ2n) is 1.31. The second kappa shape index (κ2) is 22.5. The van der Waals surface area contributed by atoms with Crippen molar-refractivity contribution in [3.63, 3.8) is 0 Å².